The fraction of sp³-hybridized carbons (Fsp3) is 0.0370. The minimum absolute atomic E-state index is 0.0124. The average Bonchev–Trinajstić information content (AvgIpc) is 2.90. The number of carbonyl (C=O) groups is 3. The maximum absolute atomic E-state index is 13.1. The molecule has 1 atom stereocenters. The first-order valence-corrected chi connectivity index (χ1v) is 11.5. The molecule has 176 valence electrons. The van der Waals surface area contributed by atoms with Gasteiger partial charge in [-0.3, -0.25) is 19.3 Å². The second-order valence-corrected chi connectivity index (χ2v) is 8.33. The van der Waals surface area contributed by atoms with E-state index < -0.39 is 23.6 Å². The number of thiocarbonyl (C=S) groups is 1. The van der Waals surface area contributed by atoms with Crippen LogP contribution in [0.3, 0.4) is 0 Å². The molecule has 3 amide bonds. The van der Waals surface area contributed by atoms with E-state index in [1.54, 1.807) is 42.5 Å². The smallest absolute Gasteiger partial charge is 0.272 e. The molecule has 1 aliphatic rings. The molecule has 8 nitrogen and oxygen atoms in total. The summed E-state index contributed by atoms with van der Waals surface area (Å²) in [7, 11) is 0. The van der Waals surface area contributed by atoms with Gasteiger partial charge in [-0.2, -0.15) is 5.10 Å². The summed E-state index contributed by atoms with van der Waals surface area (Å²) in [5.74, 6) is -2.93. The highest BCUT2D eigenvalue weighted by molar-refractivity contribution is 7.80. The Morgan fingerprint density at radius 2 is 1.64 bits per heavy atom. The summed E-state index contributed by atoms with van der Waals surface area (Å²) in [6, 6.07) is 27.2. The normalized spacial score (nSPS) is 15.8. The lowest BCUT2D eigenvalue weighted by atomic mass is 10.0. The third kappa shape index (κ3) is 4.47. The molecule has 2 heterocycles. The van der Waals surface area contributed by atoms with Crippen molar-refractivity contribution in [1.82, 2.24) is 15.7 Å². The van der Waals surface area contributed by atoms with Crippen molar-refractivity contribution in [2.75, 3.05) is 4.90 Å². The van der Waals surface area contributed by atoms with Gasteiger partial charge in [0, 0.05) is 17.2 Å². The van der Waals surface area contributed by atoms with Crippen LogP contribution >= 0.6 is 12.2 Å². The lowest BCUT2D eigenvalue weighted by molar-refractivity contribution is -0.130. The number of nitrogens with zero attached hydrogens (tertiary/aromatic N) is 3. The molecule has 1 aromatic heterocycles. The Hall–Kier alpha value is -4.76. The molecule has 1 saturated heterocycles. The highest BCUT2D eigenvalue weighted by atomic mass is 32.1. The topological polar surface area (TPSA) is 104 Å². The number of rotatable bonds is 5. The highest BCUT2D eigenvalue weighted by Gasteiger charge is 2.38. The SMILES string of the molecule is O=C(N/N=C/[C@@H]1C(=O)NC(=S)N(c2ccccc2)C1=O)c1cc(-c2ccccc2)nc2ccccc12. The first kappa shape index (κ1) is 23.0. The molecule has 0 bridgehead atoms. The Balaban J connectivity index is 1.40. The van der Waals surface area contributed by atoms with E-state index in [-0.39, 0.29) is 5.11 Å². The van der Waals surface area contributed by atoms with Crippen LogP contribution in [0.4, 0.5) is 5.69 Å². The number of para-hydroxylation sites is 2. The molecule has 36 heavy (non-hydrogen) atoms. The molecule has 0 spiro atoms. The van der Waals surface area contributed by atoms with E-state index in [0.29, 0.717) is 27.8 Å². The summed E-state index contributed by atoms with van der Waals surface area (Å²) >= 11 is 5.18. The van der Waals surface area contributed by atoms with Crippen LogP contribution in [-0.4, -0.2) is 34.0 Å². The van der Waals surface area contributed by atoms with Crippen LogP contribution in [0, 0.1) is 5.92 Å². The fourth-order valence-electron chi connectivity index (χ4n) is 3.89. The van der Waals surface area contributed by atoms with E-state index in [0.717, 1.165) is 11.8 Å². The van der Waals surface area contributed by atoms with Crippen molar-refractivity contribution in [2.45, 2.75) is 0 Å². The number of hydrazone groups is 1. The standard InChI is InChI=1S/C27H19N5O3S/c33-24-21(26(35)32(27(36)30-24)18-11-5-2-6-12-18)16-28-31-25(34)20-15-23(17-9-3-1-4-10-17)29-22-14-8-7-13-19(20)22/h1-16,21H,(H,31,34)(H,30,33,36)/b28-16+/t21-/m1/s1. The van der Waals surface area contributed by atoms with Crippen LogP contribution in [0.1, 0.15) is 10.4 Å². The number of aromatic nitrogens is 1. The van der Waals surface area contributed by atoms with Crippen molar-refractivity contribution >= 4 is 57.9 Å². The lowest BCUT2D eigenvalue weighted by Gasteiger charge is -2.30. The zero-order valence-electron chi connectivity index (χ0n) is 18.8. The predicted molar refractivity (Wildman–Crippen MR) is 141 cm³/mol. The quantitative estimate of drug-likeness (QED) is 0.191. The van der Waals surface area contributed by atoms with Crippen LogP contribution < -0.4 is 15.6 Å². The van der Waals surface area contributed by atoms with Gasteiger partial charge in [-0.05, 0) is 36.5 Å². The summed E-state index contributed by atoms with van der Waals surface area (Å²) in [5, 5.41) is 7.09. The minimum Gasteiger partial charge on any atom is -0.301 e. The molecule has 0 radical (unpaired) electrons. The van der Waals surface area contributed by atoms with Gasteiger partial charge < -0.3 is 5.32 Å². The van der Waals surface area contributed by atoms with Crippen LogP contribution in [0.2, 0.25) is 0 Å². The molecule has 5 rings (SSSR count). The Bertz CT molecular complexity index is 1520. The van der Waals surface area contributed by atoms with E-state index in [1.807, 2.05) is 48.5 Å². The molecular weight excluding hydrogens is 474 g/mol. The number of nitrogens with one attached hydrogen (secondary N) is 2. The van der Waals surface area contributed by atoms with E-state index in [2.05, 4.69) is 20.8 Å². The first-order valence-electron chi connectivity index (χ1n) is 11.1. The molecule has 0 saturated carbocycles. The maximum atomic E-state index is 13.1. The van der Waals surface area contributed by atoms with E-state index in [9.17, 15) is 14.4 Å². The van der Waals surface area contributed by atoms with Gasteiger partial charge in [0.15, 0.2) is 11.0 Å². The highest BCUT2D eigenvalue weighted by Crippen LogP contribution is 2.25. The zero-order valence-corrected chi connectivity index (χ0v) is 19.6. The van der Waals surface area contributed by atoms with Gasteiger partial charge in [0.05, 0.1) is 22.5 Å². The number of hydrogen-bond donors (Lipinski definition) is 2. The van der Waals surface area contributed by atoms with Crippen LogP contribution in [0.15, 0.2) is 96.1 Å². The molecule has 0 aliphatic carbocycles. The number of hydrogen-bond acceptors (Lipinski definition) is 6. The number of fused-ring (bicyclic) bond motifs is 1. The fourth-order valence-corrected chi connectivity index (χ4v) is 4.19. The lowest BCUT2D eigenvalue weighted by Crippen LogP contribution is -2.58. The van der Waals surface area contributed by atoms with E-state index >= 15 is 0 Å². The van der Waals surface area contributed by atoms with E-state index in [1.165, 1.54) is 4.90 Å². The minimum atomic E-state index is -1.26. The number of pyridine rings is 1. The monoisotopic (exact) mass is 493 g/mol. The van der Waals surface area contributed by atoms with Crippen molar-refractivity contribution in [3.05, 3.63) is 96.6 Å². The number of amides is 3. The van der Waals surface area contributed by atoms with Crippen LogP contribution in [-0.2, 0) is 9.59 Å². The Kier molecular flexibility index (Phi) is 6.29. The largest absolute Gasteiger partial charge is 0.301 e. The van der Waals surface area contributed by atoms with Crippen molar-refractivity contribution in [3.63, 3.8) is 0 Å². The third-order valence-electron chi connectivity index (χ3n) is 5.64. The van der Waals surface area contributed by atoms with Gasteiger partial charge in [0.2, 0.25) is 5.91 Å². The molecule has 3 aromatic carbocycles. The summed E-state index contributed by atoms with van der Waals surface area (Å²) < 4.78 is 0. The molecule has 9 heteroatoms. The Morgan fingerprint density at radius 1 is 0.972 bits per heavy atom. The van der Waals surface area contributed by atoms with Crippen molar-refractivity contribution in [2.24, 2.45) is 11.0 Å². The predicted octanol–water partition coefficient (Wildman–Crippen LogP) is 3.68. The molecular formula is C27H19N5O3S. The van der Waals surface area contributed by atoms with Crippen LogP contribution in [0.25, 0.3) is 22.2 Å². The van der Waals surface area contributed by atoms with Gasteiger partial charge in [-0.1, -0.05) is 66.7 Å². The molecule has 1 fully saturated rings. The summed E-state index contributed by atoms with van der Waals surface area (Å²) in [4.78, 5) is 44.5. The molecule has 0 unspecified atom stereocenters. The Morgan fingerprint density at radius 3 is 2.39 bits per heavy atom. The van der Waals surface area contributed by atoms with E-state index in [4.69, 9.17) is 12.2 Å². The molecule has 4 aromatic rings. The number of benzene rings is 3. The molecule has 2 N–H and O–H groups in total. The van der Waals surface area contributed by atoms with Crippen LogP contribution in [0.5, 0.6) is 0 Å². The van der Waals surface area contributed by atoms with Crippen molar-refractivity contribution in [1.29, 1.82) is 0 Å². The van der Waals surface area contributed by atoms with Crippen molar-refractivity contribution in [3.8, 4) is 11.3 Å². The third-order valence-corrected chi connectivity index (χ3v) is 5.92. The Labute approximate surface area is 211 Å². The number of anilines is 1. The maximum Gasteiger partial charge on any atom is 0.272 e. The number of carbonyl (C=O) groups excluding carboxylic acids is 3. The second-order valence-electron chi connectivity index (χ2n) is 7.94. The average molecular weight is 494 g/mol. The van der Waals surface area contributed by atoms with Gasteiger partial charge >= 0.3 is 0 Å². The summed E-state index contributed by atoms with van der Waals surface area (Å²) in [5.41, 5.74) is 5.48. The zero-order chi connectivity index (χ0) is 25.1. The van der Waals surface area contributed by atoms with Gasteiger partial charge in [0.25, 0.3) is 11.8 Å². The summed E-state index contributed by atoms with van der Waals surface area (Å²) in [6.07, 6.45) is 1.11. The van der Waals surface area contributed by atoms with Gasteiger partial charge in [-0.25, -0.2) is 10.4 Å². The van der Waals surface area contributed by atoms with Gasteiger partial charge in [-0.15, -0.1) is 0 Å². The first-order chi connectivity index (χ1) is 17.5. The van der Waals surface area contributed by atoms with Gasteiger partial charge in [0.1, 0.15) is 0 Å². The van der Waals surface area contributed by atoms with Crippen molar-refractivity contribution < 1.29 is 14.4 Å². The second kappa shape index (κ2) is 9.85. The summed E-state index contributed by atoms with van der Waals surface area (Å²) in [6.45, 7) is 0. The molecule has 1 aliphatic heterocycles.